The summed E-state index contributed by atoms with van der Waals surface area (Å²) >= 11 is 0. The molecule has 1 atom stereocenters. The highest BCUT2D eigenvalue weighted by molar-refractivity contribution is 5.68. The molecule has 2 rings (SSSR count). The topological polar surface area (TPSA) is 52.3 Å². The van der Waals surface area contributed by atoms with Gasteiger partial charge < -0.3 is 10.5 Å². The number of amides is 1. The Hall–Kier alpha value is -1.65. The van der Waals surface area contributed by atoms with Crippen molar-refractivity contribution in [3.63, 3.8) is 0 Å². The first-order chi connectivity index (χ1) is 6.99. The van der Waals surface area contributed by atoms with Gasteiger partial charge in [-0.2, -0.15) is 0 Å². The molecule has 0 aliphatic heterocycles. The van der Waals surface area contributed by atoms with Gasteiger partial charge in [0.2, 0.25) is 0 Å². The number of primary amides is 1. The molecule has 0 spiro atoms. The third-order valence-electron chi connectivity index (χ3n) is 2.33. The highest BCUT2D eigenvalue weighted by atomic mass is 19.3. The first-order valence-corrected chi connectivity index (χ1v) is 4.44. The summed E-state index contributed by atoms with van der Waals surface area (Å²) in [4.78, 5) is 10.4. The second kappa shape index (κ2) is 3.18. The second-order valence-electron chi connectivity index (χ2n) is 3.51. The van der Waals surface area contributed by atoms with Crippen molar-refractivity contribution in [2.75, 3.05) is 0 Å². The standard InChI is InChI=1S/C10H9F2NO2/c11-10(12)5-8(10)6-1-3-7(4-2-6)15-9(13)14/h1-4,8H,5H2,(H2,13,14). The average Bonchev–Trinajstić information content (AvgIpc) is 2.75. The predicted molar refractivity (Wildman–Crippen MR) is 49.0 cm³/mol. The van der Waals surface area contributed by atoms with Crippen molar-refractivity contribution in [2.45, 2.75) is 18.3 Å². The average molecular weight is 213 g/mol. The lowest BCUT2D eigenvalue weighted by Crippen LogP contribution is -2.16. The van der Waals surface area contributed by atoms with Gasteiger partial charge in [-0.25, -0.2) is 13.6 Å². The summed E-state index contributed by atoms with van der Waals surface area (Å²) in [6.07, 6.45) is -1.03. The summed E-state index contributed by atoms with van der Waals surface area (Å²) in [5.41, 5.74) is 5.35. The molecule has 0 radical (unpaired) electrons. The summed E-state index contributed by atoms with van der Waals surface area (Å²) in [5.74, 6) is -3.01. The molecule has 1 aromatic carbocycles. The van der Waals surface area contributed by atoms with E-state index in [-0.39, 0.29) is 12.2 Å². The number of rotatable bonds is 2. The van der Waals surface area contributed by atoms with Gasteiger partial charge in [0, 0.05) is 6.42 Å². The molecular weight excluding hydrogens is 204 g/mol. The zero-order chi connectivity index (χ0) is 11.1. The minimum atomic E-state index is -2.58. The van der Waals surface area contributed by atoms with E-state index in [0.717, 1.165) is 0 Å². The van der Waals surface area contributed by atoms with Crippen LogP contribution in [-0.4, -0.2) is 12.0 Å². The van der Waals surface area contributed by atoms with Crippen LogP contribution >= 0.6 is 0 Å². The molecular formula is C10H9F2NO2. The van der Waals surface area contributed by atoms with E-state index < -0.39 is 17.9 Å². The number of carbonyl (C=O) groups excluding carboxylic acids is 1. The molecule has 1 amide bonds. The third kappa shape index (κ3) is 2.06. The van der Waals surface area contributed by atoms with Crippen LogP contribution in [-0.2, 0) is 0 Å². The largest absolute Gasteiger partial charge is 0.411 e. The van der Waals surface area contributed by atoms with E-state index in [1.54, 1.807) is 0 Å². The molecule has 1 aliphatic carbocycles. The molecule has 80 valence electrons. The Balaban J connectivity index is 2.08. The fourth-order valence-electron chi connectivity index (χ4n) is 1.46. The Morgan fingerprint density at radius 2 is 1.93 bits per heavy atom. The highest BCUT2D eigenvalue weighted by Crippen LogP contribution is 2.55. The van der Waals surface area contributed by atoms with Gasteiger partial charge in [-0.05, 0) is 17.7 Å². The maximum atomic E-state index is 12.7. The number of nitrogens with two attached hydrogens (primary N) is 1. The molecule has 0 saturated heterocycles. The quantitative estimate of drug-likeness (QED) is 0.819. The Bertz CT molecular complexity index is 389. The van der Waals surface area contributed by atoms with E-state index in [1.807, 2.05) is 0 Å². The maximum absolute atomic E-state index is 12.7. The monoisotopic (exact) mass is 213 g/mol. The summed E-state index contributed by atoms with van der Waals surface area (Å²) in [6, 6.07) is 5.94. The molecule has 15 heavy (non-hydrogen) atoms. The molecule has 0 bridgehead atoms. The van der Waals surface area contributed by atoms with Crippen LogP contribution in [0.2, 0.25) is 0 Å². The molecule has 3 nitrogen and oxygen atoms in total. The first-order valence-electron chi connectivity index (χ1n) is 4.44. The van der Waals surface area contributed by atoms with Crippen LogP contribution in [0.5, 0.6) is 5.75 Å². The van der Waals surface area contributed by atoms with Gasteiger partial charge in [-0.1, -0.05) is 12.1 Å². The first kappa shape index (κ1) is 9.89. The Kier molecular flexibility index (Phi) is 2.10. The molecule has 0 aromatic heterocycles. The van der Waals surface area contributed by atoms with Crippen molar-refractivity contribution in [1.29, 1.82) is 0 Å². The molecule has 5 heteroatoms. The summed E-state index contributed by atoms with van der Waals surface area (Å²) in [6.45, 7) is 0. The van der Waals surface area contributed by atoms with Crippen LogP contribution in [0.3, 0.4) is 0 Å². The maximum Gasteiger partial charge on any atom is 0.409 e. The highest BCUT2D eigenvalue weighted by Gasteiger charge is 2.57. The molecule has 1 aromatic rings. The van der Waals surface area contributed by atoms with Gasteiger partial charge in [0.25, 0.3) is 5.92 Å². The van der Waals surface area contributed by atoms with E-state index in [1.165, 1.54) is 24.3 Å². The zero-order valence-electron chi connectivity index (χ0n) is 7.74. The summed E-state index contributed by atoms with van der Waals surface area (Å²) < 4.78 is 29.9. The molecule has 0 heterocycles. The third-order valence-corrected chi connectivity index (χ3v) is 2.33. The number of benzene rings is 1. The number of carbonyl (C=O) groups is 1. The fraction of sp³-hybridized carbons (Fsp3) is 0.300. The summed E-state index contributed by atoms with van der Waals surface area (Å²) in [5, 5.41) is 0. The van der Waals surface area contributed by atoms with Crippen LogP contribution in [0.4, 0.5) is 13.6 Å². The van der Waals surface area contributed by atoms with E-state index in [4.69, 9.17) is 5.73 Å². The van der Waals surface area contributed by atoms with Crippen LogP contribution in [0, 0.1) is 0 Å². The van der Waals surface area contributed by atoms with Crippen LogP contribution in [0.1, 0.15) is 17.9 Å². The Morgan fingerprint density at radius 1 is 1.40 bits per heavy atom. The number of ether oxygens (including phenoxy) is 1. The molecule has 1 unspecified atom stereocenters. The van der Waals surface area contributed by atoms with E-state index >= 15 is 0 Å². The van der Waals surface area contributed by atoms with Crippen LogP contribution in [0.15, 0.2) is 24.3 Å². The number of hydrogen-bond donors (Lipinski definition) is 1. The van der Waals surface area contributed by atoms with Crippen LogP contribution in [0.25, 0.3) is 0 Å². The van der Waals surface area contributed by atoms with Gasteiger partial charge in [0.05, 0.1) is 5.92 Å². The second-order valence-corrected chi connectivity index (χ2v) is 3.51. The Morgan fingerprint density at radius 3 is 2.33 bits per heavy atom. The van der Waals surface area contributed by atoms with E-state index in [0.29, 0.717) is 5.56 Å². The smallest absolute Gasteiger partial charge is 0.409 e. The van der Waals surface area contributed by atoms with Crippen molar-refractivity contribution in [3.8, 4) is 5.75 Å². The number of halogens is 2. The number of hydrogen-bond acceptors (Lipinski definition) is 2. The van der Waals surface area contributed by atoms with Gasteiger partial charge >= 0.3 is 6.09 Å². The van der Waals surface area contributed by atoms with E-state index in [2.05, 4.69) is 4.74 Å². The lowest BCUT2D eigenvalue weighted by atomic mass is 10.1. The van der Waals surface area contributed by atoms with E-state index in [9.17, 15) is 13.6 Å². The van der Waals surface area contributed by atoms with Gasteiger partial charge in [-0.15, -0.1) is 0 Å². The molecule has 1 saturated carbocycles. The van der Waals surface area contributed by atoms with Crippen molar-refractivity contribution in [2.24, 2.45) is 5.73 Å². The fourth-order valence-corrected chi connectivity index (χ4v) is 1.46. The minimum Gasteiger partial charge on any atom is -0.411 e. The molecule has 1 aliphatic rings. The SMILES string of the molecule is NC(=O)Oc1ccc(C2CC2(F)F)cc1. The van der Waals surface area contributed by atoms with Crippen LogP contribution < -0.4 is 10.5 Å². The zero-order valence-corrected chi connectivity index (χ0v) is 7.74. The van der Waals surface area contributed by atoms with Crippen molar-refractivity contribution < 1.29 is 18.3 Å². The van der Waals surface area contributed by atoms with Gasteiger partial charge in [-0.3, -0.25) is 0 Å². The van der Waals surface area contributed by atoms with Crippen molar-refractivity contribution >= 4 is 6.09 Å². The predicted octanol–water partition coefficient (Wildman–Crippen LogP) is 2.27. The van der Waals surface area contributed by atoms with Crippen molar-refractivity contribution in [1.82, 2.24) is 0 Å². The van der Waals surface area contributed by atoms with Gasteiger partial charge in [0.1, 0.15) is 5.75 Å². The number of alkyl halides is 2. The minimum absolute atomic E-state index is 0.108. The molecule has 1 fully saturated rings. The lowest BCUT2D eigenvalue weighted by Gasteiger charge is -2.02. The summed E-state index contributed by atoms with van der Waals surface area (Å²) in [7, 11) is 0. The Labute approximate surface area is 84.8 Å². The van der Waals surface area contributed by atoms with Crippen molar-refractivity contribution in [3.05, 3.63) is 29.8 Å². The normalized spacial score (nSPS) is 22.1. The lowest BCUT2D eigenvalue weighted by molar-refractivity contribution is 0.112. The van der Waals surface area contributed by atoms with Gasteiger partial charge in [0.15, 0.2) is 0 Å². The molecule has 2 N–H and O–H groups in total.